The lowest BCUT2D eigenvalue weighted by Crippen LogP contribution is -2.46. The first-order chi connectivity index (χ1) is 10.6. The van der Waals surface area contributed by atoms with Gasteiger partial charge < -0.3 is 14.4 Å². The molecule has 4 nitrogen and oxygen atoms in total. The molecule has 1 saturated carbocycles. The van der Waals surface area contributed by atoms with Gasteiger partial charge in [0, 0.05) is 19.7 Å². The fourth-order valence-electron chi connectivity index (χ4n) is 4.20. The van der Waals surface area contributed by atoms with Gasteiger partial charge in [-0.1, -0.05) is 19.1 Å². The summed E-state index contributed by atoms with van der Waals surface area (Å²) < 4.78 is 10.9. The van der Waals surface area contributed by atoms with E-state index in [0.29, 0.717) is 23.5 Å². The number of amides is 1. The van der Waals surface area contributed by atoms with Gasteiger partial charge >= 0.3 is 0 Å². The standard InChI is InChI=1S/C18H25NO3/c1-18-10-11-19(16(18)9-8-13(12-18)21-2)17(20)14-6-4-5-7-15(14)22-3/h4-7,13,16H,8-12H2,1-3H3/t13-,16-,18+/m1/s1. The number of methoxy groups -OCH3 is 2. The van der Waals surface area contributed by atoms with Crippen molar-refractivity contribution in [1.29, 1.82) is 0 Å². The lowest BCUT2D eigenvalue weighted by molar-refractivity contribution is -0.00282. The van der Waals surface area contributed by atoms with Crippen LogP contribution in [0.3, 0.4) is 0 Å². The lowest BCUT2D eigenvalue weighted by Gasteiger charge is -2.42. The van der Waals surface area contributed by atoms with Crippen molar-refractivity contribution in [2.45, 2.75) is 44.8 Å². The van der Waals surface area contributed by atoms with Crippen molar-refractivity contribution in [3.05, 3.63) is 29.8 Å². The van der Waals surface area contributed by atoms with Crippen LogP contribution in [-0.2, 0) is 4.74 Å². The van der Waals surface area contributed by atoms with Gasteiger partial charge in [0.25, 0.3) is 5.91 Å². The zero-order chi connectivity index (χ0) is 15.7. The molecule has 2 aliphatic rings. The number of carbonyl (C=O) groups is 1. The van der Waals surface area contributed by atoms with Crippen LogP contribution in [-0.4, -0.2) is 43.7 Å². The molecule has 1 amide bonds. The first kappa shape index (κ1) is 15.3. The highest BCUT2D eigenvalue weighted by Crippen LogP contribution is 2.47. The van der Waals surface area contributed by atoms with Gasteiger partial charge in [0.05, 0.1) is 18.8 Å². The normalized spacial score (nSPS) is 31.0. The van der Waals surface area contributed by atoms with Gasteiger partial charge in [-0.05, 0) is 43.2 Å². The molecular formula is C18H25NO3. The largest absolute Gasteiger partial charge is 0.496 e. The molecule has 2 fully saturated rings. The minimum absolute atomic E-state index is 0.0991. The Kier molecular flexibility index (Phi) is 4.13. The van der Waals surface area contributed by atoms with Crippen LogP contribution in [0.15, 0.2) is 24.3 Å². The van der Waals surface area contributed by atoms with E-state index in [0.717, 1.165) is 32.2 Å². The van der Waals surface area contributed by atoms with Crippen molar-refractivity contribution < 1.29 is 14.3 Å². The number of nitrogens with zero attached hydrogens (tertiary/aromatic N) is 1. The van der Waals surface area contributed by atoms with Gasteiger partial charge in [-0.3, -0.25) is 4.79 Å². The second-order valence-corrected chi connectivity index (χ2v) is 6.76. The average Bonchev–Trinajstić information content (AvgIpc) is 2.90. The maximum absolute atomic E-state index is 13.0. The van der Waals surface area contributed by atoms with E-state index in [1.54, 1.807) is 14.2 Å². The van der Waals surface area contributed by atoms with Crippen LogP contribution in [0.5, 0.6) is 5.75 Å². The summed E-state index contributed by atoms with van der Waals surface area (Å²) in [5, 5.41) is 0. The molecule has 120 valence electrons. The summed E-state index contributed by atoms with van der Waals surface area (Å²) in [5.74, 6) is 0.758. The first-order valence-corrected chi connectivity index (χ1v) is 8.06. The van der Waals surface area contributed by atoms with Crippen LogP contribution >= 0.6 is 0 Å². The zero-order valence-electron chi connectivity index (χ0n) is 13.7. The number of carbonyl (C=O) groups excluding carboxylic acids is 1. The van der Waals surface area contributed by atoms with Crippen LogP contribution in [0.1, 0.15) is 43.0 Å². The average molecular weight is 303 g/mol. The molecule has 4 heteroatoms. The van der Waals surface area contributed by atoms with E-state index in [2.05, 4.69) is 11.8 Å². The molecule has 0 N–H and O–H groups in total. The van der Waals surface area contributed by atoms with Crippen molar-refractivity contribution in [2.24, 2.45) is 5.41 Å². The molecule has 0 bridgehead atoms. The molecule has 1 aliphatic heterocycles. The Morgan fingerprint density at radius 3 is 2.77 bits per heavy atom. The lowest BCUT2D eigenvalue weighted by atomic mass is 9.71. The van der Waals surface area contributed by atoms with Crippen molar-refractivity contribution in [3.8, 4) is 5.75 Å². The van der Waals surface area contributed by atoms with Crippen LogP contribution in [0.2, 0.25) is 0 Å². The molecule has 1 aliphatic carbocycles. The molecule has 3 atom stereocenters. The third-order valence-corrected chi connectivity index (χ3v) is 5.49. The zero-order valence-corrected chi connectivity index (χ0v) is 13.7. The van der Waals surface area contributed by atoms with E-state index in [1.165, 1.54) is 0 Å². The molecule has 0 unspecified atom stereocenters. The Morgan fingerprint density at radius 2 is 2.05 bits per heavy atom. The second kappa shape index (κ2) is 5.92. The summed E-state index contributed by atoms with van der Waals surface area (Å²) in [7, 11) is 3.41. The Balaban J connectivity index is 1.83. The fourth-order valence-corrected chi connectivity index (χ4v) is 4.20. The van der Waals surface area contributed by atoms with E-state index < -0.39 is 0 Å². The van der Waals surface area contributed by atoms with E-state index in [-0.39, 0.29) is 11.3 Å². The molecule has 1 aromatic rings. The van der Waals surface area contributed by atoms with E-state index in [9.17, 15) is 4.79 Å². The number of rotatable bonds is 3. The second-order valence-electron chi connectivity index (χ2n) is 6.76. The number of hydrogen-bond acceptors (Lipinski definition) is 3. The molecule has 1 saturated heterocycles. The first-order valence-electron chi connectivity index (χ1n) is 8.06. The predicted octanol–water partition coefficient (Wildman–Crippen LogP) is 3.11. The fraction of sp³-hybridized carbons (Fsp3) is 0.611. The number of benzene rings is 1. The highest BCUT2D eigenvalue weighted by Gasteiger charge is 2.49. The van der Waals surface area contributed by atoms with Crippen molar-refractivity contribution >= 4 is 5.91 Å². The molecular weight excluding hydrogens is 278 g/mol. The summed E-state index contributed by atoms with van der Waals surface area (Å²) >= 11 is 0. The Hall–Kier alpha value is -1.55. The van der Waals surface area contributed by atoms with Crippen LogP contribution < -0.4 is 4.74 Å². The number of likely N-dealkylation sites (tertiary alicyclic amines) is 1. The van der Waals surface area contributed by atoms with Gasteiger partial charge in [0.2, 0.25) is 0 Å². The number of fused-ring (bicyclic) bond motifs is 1. The van der Waals surface area contributed by atoms with Crippen LogP contribution in [0, 0.1) is 5.41 Å². The summed E-state index contributed by atoms with van der Waals surface area (Å²) in [5.41, 5.74) is 0.847. The maximum atomic E-state index is 13.0. The third-order valence-electron chi connectivity index (χ3n) is 5.49. The van der Waals surface area contributed by atoms with Gasteiger partial charge in [-0.2, -0.15) is 0 Å². The number of para-hydroxylation sites is 1. The quantitative estimate of drug-likeness (QED) is 0.861. The molecule has 3 rings (SSSR count). The Bertz CT molecular complexity index is 559. The summed E-state index contributed by atoms with van der Waals surface area (Å²) in [6.45, 7) is 3.13. The topological polar surface area (TPSA) is 38.8 Å². The molecule has 0 radical (unpaired) electrons. The highest BCUT2D eigenvalue weighted by molar-refractivity contribution is 5.97. The van der Waals surface area contributed by atoms with Gasteiger partial charge in [0.15, 0.2) is 0 Å². The summed E-state index contributed by atoms with van der Waals surface area (Å²) in [6, 6.07) is 7.82. The SMILES string of the molecule is COc1ccccc1C(=O)N1CC[C@@]2(C)C[C@H](OC)CC[C@@H]12. The molecule has 0 spiro atoms. The van der Waals surface area contributed by atoms with E-state index >= 15 is 0 Å². The Morgan fingerprint density at radius 1 is 1.27 bits per heavy atom. The van der Waals surface area contributed by atoms with Crippen LogP contribution in [0.4, 0.5) is 0 Å². The minimum Gasteiger partial charge on any atom is -0.496 e. The van der Waals surface area contributed by atoms with Gasteiger partial charge in [0.1, 0.15) is 5.75 Å². The monoisotopic (exact) mass is 303 g/mol. The predicted molar refractivity (Wildman–Crippen MR) is 85.2 cm³/mol. The smallest absolute Gasteiger partial charge is 0.257 e. The van der Waals surface area contributed by atoms with Crippen molar-refractivity contribution in [2.75, 3.05) is 20.8 Å². The Labute approximate surface area is 132 Å². The molecule has 22 heavy (non-hydrogen) atoms. The minimum atomic E-state index is 0.0991. The van der Waals surface area contributed by atoms with Crippen LogP contribution in [0.25, 0.3) is 0 Å². The summed E-state index contributed by atoms with van der Waals surface area (Å²) in [4.78, 5) is 15.0. The van der Waals surface area contributed by atoms with Gasteiger partial charge in [-0.25, -0.2) is 0 Å². The van der Waals surface area contributed by atoms with Gasteiger partial charge in [-0.15, -0.1) is 0 Å². The van der Waals surface area contributed by atoms with Crippen molar-refractivity contribution in [3.63, 3.8) is 0 Å². The number of hydrogen-bond donors (Lipinski definition) is 0. The molecule has 1 aromatic carbocycles. The summed E-state index contributed by atoms with van der Waals surface area (Å²) in [6.07, 6.45) is 4.49. The molecule has 1 heterocycles. The number of ether oxygens (including phenoxy) is 2. The maximum Gasteiger partial charge on any atom is 0.257 e. The van der Waals surface area contributed by atoms with E-state index in [1.807, 2.05) is 24.3 Å². The van der Waals surface area contributed by atoms with E-state index in [4.69, 9.17) is 9.47 Å². The van der Waals surface area contributed by atoms with Crippen molar-refractivity contribution in [1.82, 2.24) is 4.90 Å². The molecule has 0 aromatic heterocycles. The highest BCUT2D eigenvalue weighted by atomic mass is 16.5. The third kappa shape index (κ3) is 2.50.